The van der Waals surface area contributed by atoms with Gasteiger partial charge in [0.15, 0.2) is 5.82 Å². The lowest BCUT2D eigenvalue weighted by Crippen LogP contribution is -2.16. The van der Waals surface area contributed by atoms with E-state index in [1.54, 1.807) is 16.6 Å². The molecule has 10 nitrogen and oxygen atoms in total. The van der Waals surface area contributed by atoms with Crippen LogP contribution in [0.1, 0.15) is 5.56 Å². The molecule has 1 amide bonds. The summed E-state index contributed by atoms with van der Waals surface area (Å²) in [6.45, 7) is 3.97. The molecule has 4 aromatic rings. The summed E-state index contributed by atoms with van der Waals surface area (Å²) in [4.78, 5) is 26.3. The van der Waals surface area contributed by atoms with E-state index in [9.17, 15) is 14.9 Å². The smallest absolute Gasteiger partial charge is 0.410 e. The third-order valence-corrected chi connectivity index (χ3v) is 4.63. The number of fused-ring (bicyclic) bond motifs is 1. The second-order valence-electron chi connectivity index (χ2n) is 6.56. The van der Waals surface area contributed by atoms with E-state index in [2.05, 4.69) is 22.3 Å². The molecule has 0 aliphatic carbocycles. The lowest BCUT2D eigenvalue weighted by atomic mass is 10.0. The zero-order chi connectivity index (χ0) is 22.0. The number of ether oxygens (including phenoxy) is 1. The Hall–Kier alpha value is -4.47. The minimum atomic E-state index is -0.716. The normalized spacial score (nSPS) is 10.7. The first-order valence-corrected chi connectivity index (χ1v) is 9.20. The molecule has 155 valence electrons. The molecule has 0 aliphatic heterocycles. The molecule has 1 radical (unpaired) electrons. The van der Waals surface area contributed by atoms with Gasteiger partial charge < -0.3 is 10.5 Å². The van der Waals surface area contributed by atoms with Crippen LogP contribution in [-0.4, -0.2) is 25.6 Å². The van der Waals surface area contributed by atoms with Crippen LogP contribution >= 0.6 is 0 Å². The van der Waals surface area contributed by atoms with Gasteiger partial charge in [-0.2, -0.15) is 5.10 Å². The molecule has 31 heavy (non-hydrogen) atoms. The Morgan fingerprint density at radius 2 is 1.90 bits per heavy atom. The molecule has 10 heteroatoms. The van der Waals surface area contributed by atoms with Crippen LogP contribution in [0.25, 0.3) is 16.6 Å². The molecule has 0 bridgehead atoms. The Bertz CT molecular complexity index is 1270. The summed E-state index contributed by atoms with van der Waals surface area (Å²) in [5.41, 5.74) is 9.89. The van der Waals surface area contributed by atoms with Gasteiger partial charge in [0.05, 0.1) is 4.92 Å². The fourth-order valence-electron chi connectivity index (χ4n) is 3.20. The largest absolute Gasteiger partial charge is 0.417 e. The predicted octanol–water partition coefficient (Wildman–Crippen LogP) is 3.87. The Balaban J connectivity index is 1.52. The monoisotopic (exact) mass is 417 g/mol. The van der Waals surface area contributed by atoms with Crippen LogP contribution in [0.15, 0.2) is 61.1 Å². The number of anilines is 2. The fraction of sp³-hybridized carbons (Fsp3) is 0.0476. The molecule has 4 rings (SSSR count). The SMILES string of the molecule is [CH2]Cc1cn2ncnc(N)c2c1-c1ccc(NC(=O)Oc2ccc([N+](=O)[O-])cc2)cc1. The number of nitrogens with two attached hydrogens (primary N) is 1. The highest BCUT2D eigenvalue weighted by atomic mass is 16.6. The van der Waals surface area contributed by atoms with Gasteiger partial charge in [-0.15, -0.1) is 0 Å². The Kier molecular flexibility index (Phi) is 5.19. The highest BCUT2D eigenvalue weighted by Crippen LogP contribution is 2.33. The number of hydrogen-bond acceptors (Lipinski definition) is 7. The molecule has 0 saturated heterocycles. The van der Waals surface area contributed by atoms with Crippen molar-refractivity contribution in [1.82, 2.24) is 14.6 Å². The second-order valence-corrected chi connectivity index (χ2v) is 6.56. The number of carbonyl (C=O) groups excluding carboxylic acids is 1. The number of nitrogens with one attached hydrogen (secondary N) is 1. The van der Waals surface area contributed by atoms with E-state index in [0.717, 1.165) is 16.7 Å². The summed E-state index contributed by atoms with van der Waals surface area (Å²) in [5.74, 6) is 0.550. The van der Waals surface area contributed by atoms with Crippen LogP contribution < -0.4 is 15.8 Å². The van der Waals surface area contributed by atoms with Gasteiger partial charge in [0.2, 0.25) is 0 Å². The Labute approximate surface area is 176 Å². The van der Waals surface area contributed by atoms with Crippen LogP contribution in [0.3, 0.4) is 0 Å². The van der Waals surface area contributed by atoms with Crippen molar-refractivity contribution in [3.63, 3.8) is 0 Å². The average molecular weight is 417 g/mol. The van der Waals surface area contributed by atoms with Gasteiger partial charge in [-0.1, -0.05) is 12.1 Å². The van der Waals surface area contributed by atoms with Crippen molar-refractivity contribution in [2.24, 2.45) is 0 Å². The quantitative estimate of drug-likeness (QED) is 0.371. The molecule has 0 atom stereocenters. The molecule has 0 unspecified atom stereocenters. The number of benzene rings is 2. The van der Waals surface area contributed by atoms with E-state index in [1.807, 2.05) is 18.3 Å². The van der Waals surface area contributed by atoms with Crippen LogP contribution in [0.5, 0.6) is 5.75 Å². The third-order valence-electron chi connectivity index (χ3n) is 4.63. The summed E-state index contributed by atoms with van der Waals surface area (Å²) in [5, 5.41) is 17.5. The van der Waals surface area contributed by atoms with Crippen LogP contribution in [-0.2, 0) is 6.42 Å². The highest BCUT2D eigenvalue weighted by molar-refractivity contribution is 5.91. The van der Waals surface area contributed by atoms with Gasteiger partial charge >= 0.3 is 6.09 Å². The van der Waals surface area contributed by atoms with E-state index in [0.29, 0.717) is 23.4 Å². The number of aromatic nitrogens is 3. The fourth-order valence-corrected chi connectivity index (χ4v) is 3.20. The molecule has 2 heterocycles. The van der Waals surface area contributed by atoms with E-state index >= 15 is 0 Å². The third kappa shape index (κ3) is 3.99. The topological polar surface area (TPSA) is 138 Å². The highest BCUT2D eigenvalue weighted by Gasteiger charge is 2.16. The van der Waals surface area contributed by atoms with E-state index in [1.165, 1.54) is 30.6 Å². The molecular weight excluding hydrogens is 400 g/mol. The maximum absolute atomic E-state index is 12.1. The lowest BCUT2D eigenvalue weighted by Gasteiger charge is -2.09. The minimum absolute atomic E-state index is 0.0887. The summed E-state index contributed by atoms with van der Waals surface area (Å²) in [7, 11) is 0. The van der Waals surface area contributed by atoms with Gasteiger partial charge in [-0.3, -0.25) is 15.4 Å². The summed E-state index contributed by atoms with van der Waals surface area (Å²) >= 11 is 0. The van der Waals surface area contributed by atoms with Gasteiger partial charge in [0, 0.05) is 29.6 Å². The van der Waals surface area contributed by atoms with Gasteiger partial charge in [-0.25, -0.2) is 14.3 Å². The lowest BCUT2D eigenvalue weighted by molar-refractivity contribution is -0.384. The first kappa shape index (κ1) is 19.8. The number of amides is 1. The van der Waals surface area contributed by atoms with E-state index in [4.69, 9.17) is 10.5 Å². The van der Waals surface area contributed by atoms with Crippen molar-refractivity contribution >= 4 is 28.8 Å². The molecule has 0 saturated carbocycles. The number of nitrogen functional groups attached to an aromatic ring is 1. The van der Waals surface area contributed by atoms with Crippen molar-refractivity contribution in [1.29, 1.82) is 0 Å². The van der Waals surface area contributed by atoms with Crippen LogP contribution in [0, 0.1) is 17.0 Å². The van der Waals surface area contributed by atoms with Crippen molar-refractivity contribution in [2.45, 2.75) is 6.42 Å². The van der Waals surface area contributed by atoms with Gasteiger partial charge in [0.25, 0.3) is 5.69 Å². The number of carbonyl (C=O) groups is 1. The molecule has 0 aliphatic rings. The van der Waals surface area contributed by atoms with Crippen molar-refractivity contribution in [3.05, 3.63) is 83.7 Å². The number of nitro benzene ring substituents is 1. The predicted molar refractivity (Wildman–Crippen MR) is 115 cm³/mol. The molecular formula is C21H17N6O4. The summed E-state index contributed by atoms with van der Waals surface area (Å²) in [6.07, 6.45) is 3.08. The molecule has 0 spiro atoms. The van der Waals surface area contributed by atoms with Gasteiger partial charge in [-0.05, 0) is 48.7 Å². The Morgan fingerprint density at radius 3 is 2.55 bits per heavy atom. The molecule has 3 N–H and O–H groups in total. The van der Waals surface area contributed by atoms with Crippen LogP contribution in [0.4, 0.5) is 22.0 Å². The molecule has 0 fully saturated rings. The van der Waals surface area contributed by atoms with E-state index < -0.39 is 11.0 Å². The average Bonchev–Trinajstić information content (AvgIpc) is 3.14. The molecule has 2 aromatic carbocycles. The first-order valence-electron chi connectivity index (χ1n) is 9.20. The number of rotatable bonds is 5. The van der Waals surface area contributed by atoms with Crippen molar-refractivity contribution in [3.8, 4) is 16.9 Å². The summed E-state index contributed by atoms with van der Waals surface area (Å²) in [6, 6.07) is 12.3. The van der Waals surface area contributed by atoms with Crippen LogP contribution in [0.2, 0.25) is 0 Å². The maximum Gasteiger partial charge on any atom is 0.417 e. The number of non-ortho nitro benzene ring substituents is 1. The summed E-state index contributed by atoms with van der Waals surface area (Å²) < 4.78 is 6.82. The number of nitro groups is 1. The van der Waals surface area contributed by atoms with Gasteiger partial charge in [0.1, 0.15) is 17.6 Å². The number of nitrogens with zero attached hydrogens (tertiary/aromatic N) is 4. The Morgan fingerprint density at radius 1 is 1.19 bits per heavy atom. The standard InChI is InChI=1S/C21H17N6O4/c1-2-13-11-26-19(20(22)23-12-24-26)18(13)14-3-5-15(6-4-14)25-21(28)31-17-9-7-16(8-10-17)27(29)30/h3-12H,1-2H2,(H,25,28)(H2,22,23,24). The zero-order valence-corrected chi connectivity index (χ0v) is 16.2. The molecule has 2 aromatic heterocycles. The second kappa shape index (κ2) is 8.11. The van der Waals surface area contributed by atoms with Crippen molar-refractivity contribution in [2.75, 3.05) is 11.1 Å². The maximum atomic E-state index is 12.1. The van der Waals surface area contributed by atoms with Crippen molar-refractivity contribution < 1.29 is 14.5 Å². The number of hydrogen-bond donors (Lipinski definition) is 2. The minimum Gasteiger partial charge on any atom is -0.410 e. The zero-order valence-electron chi connectivity index (χ0n) is 16.2. The van der Waals surface area contributed by atoms with E-state index in [-0.39, 0.29) is 11.4 Å². The first-order chi connectivity index (χ1) is 15.0.